The zero-order valence-electron chi connectivity index (χ0n) is 11.8. The molecule has 3 heteroatoms. The molecule has 0 aliphatic heterocycles. The lowest BCUT2D eigenvalue weighted by Crippen LogP contribution is -2.04. The average molecular weight is 274 g/mol. The van der Waals surface area contributed by atoms with E-state index in [1.807, 2.05) is 31.2 Å². The summed E-state index contributed by atoms with van der Waals surface area (Å²) in [6, 6.07) is 12.3. The van der Waals surface area contributed by atoms with Crippen LogP contribution in [0.25, 0.3) is 0 Å². The Labute approximate surface area is 118 Å². The Bertz CT molecular complexity index is 562. The smallest absolute Gasteiger partial charge is 0.123 e. The monoisotopic (exact) mass is 274 g/mol. The predicted molar refractivity (Wildman–Crippen MR) is 77.3 cm³/mol. The van der Waals surface area contributed by atoms with Crippen molar-refractivity contribution in [2.45, 2.75) is 33.0 Å². The number of hydrogen-bond donors (Lipinski definition) is 1. The van der Waals surface area contributed by atoms with Gasteiger partial charge >= 0.3 is 0 Å². The summed E-state index contributed by atoms with van der Waals surface area (Å²) in [7, 11) is 0. The molecule has 1 unspecified atom stereocenters. The van der Waals surface area contributed by atoms with Crippen molar-refractivity contribution >= 4 is 0 Å². The fourth-order valence-electron chi connectivity index (χ4n) is 2.05. The molecule has 0 radical (unpaired) electrons. The number of ether oxygens (including phenoxy) is 1. The molecule has 0 saturated carbocycles. The highest BCUT2D eigenvalue weighted by Gasteiger charge is 2.03. The molecule has 0 aliphatic rings. The van der Waals surface area contributed by atoms with Crippen LogP contribution in [-0.4, -0.2) is 11.2 Å². The van der Waals surface area contributed by atoms with Gasteiger partial charge in [-0.15, -0.1) is 0 Å². The van der Waals surface area contributed by atoms with E-state index in [2.05, 4.69) is 0 Å². The summed E-state index contributed by atoms with van der Waals surface area (Å²) in [5.74, 6) is 0.539. The first-order valence-corrected chi connectivity index (χ1v) is 6.69. The highest BCUT2D eigenvalue weighted by Crippen LogP contribution is 2.17. The van der Waals surface area contributed by atoms with Crippen LogP contribution in [0.2, 0.25) is 0 Å². The van der Waals surface area contributed by atoms with Crippen molar-refractivity contribution < 1.29 is 14.2 Å². The Morgan fingerprint density at radius 3 is 2.45 bits per heavy atom. The molecular formula is C17H19FO2. The lowest BCUT2D eigenvalue weighted by atomic mass is 10.1. The number of aryl methyl sites for hydroxylation is 1. The maximum atomic E-state index is 13.0. The van der Waals surface area contributed by atoms with Gasteiger partial charge in [-0.25, -0.2) is 4.39 Å². The van der Waals surface area contributed by atoms with Crippen molar-refractivity contribution in [1.29, 1.82) is 0 Å². The third-order valence-corrected chi connectivity index (χ3v) is 3.15. The molecular weight excluding hydrogens is 255 g/mol. The molecule has 2 aromatic carbocycles. The largest absolute Gasteiger partial charge is 0.489 e. The molecule has 1 atom stereocenters. The molecule has 1 N–H and O–H groups in total. The summed E-state index contributed by atoms with van der Waals surface area (Å²) in [5.41, 5.74) is 2.93. The number of aliphatic hydroxyl groups excluding tert-OH is 1. The van der Waals surface area contributed by atoms with Crippen molar-refractivity contribution in [2.75, 3.05) is 0 Å². The summed E-state index contributed by atoms with van der Waals surface area (Å²) >= 11 is 0. The van der Waals surface area contributed by atoms with E-state index in [9.17, 15) is 9.50 Å². The van der Waals surface area contributed by atoms with Crippen LogP contribution in [0.3, 0.4) is 0 Å². The van der Waals surface area contributed by atoms with Gasteiger partial charge in [-0.3, -0.25) is 0 Å². The van der Waals surface area contributed by atoms with E-state index in [4.69, 9.17) is 4.74 Å². The highest BCUT2D eigenvalue weighted by molar-refractivity contribution is 5.29. The second-order valence-electron chi connectivity index (χ2n) is 5.06. The van der Waals surface area contributed by atoms with E-state index in [1.165, 1.54) is 12.1 Å². The van der Waals surface area contributed by atoms with E-state index < -0.39 is 0 Å². The molecule has 0 saturated heterocycles. The molecule has 0 bridgehead atoms. The summed E-state index contributed by atoms with van der Waals surface area (Å²) in [6.07, 6.45) is 0.292. The molecule has 20 heavy (non-hydrogen) atoms. The molecule has 2 rings (SSSR count). The van der Waals surface area contributed by atoms with Crippen LogP contribution in [-0.2, 0) is 13.0 Å². The first-order valence-electron chi connectivity index (χ1n) is 6.69. The van der Waals surface area contributed by atoms with Crippen LogP contribution in [0.5, 0.6) is 5.75 Å². The van der Waals surface area contributed by atoms with Crippen molar-refractivity contribution in [1.82, 2.24) is 0 Å². The molecule has 2 nitrogen and oxygen atoms in total. The van der Waals surface area contributed by atoms with Crippen LogP contribution < -0.4 is 4.74 Å². The first-order chi connectivity index (χ1) is 9.54. The molecule has 0 amide bonds. The molecule has 2 aromatic rings. The summed E-state index contributed by atoms with van der Waals surface area (Å²) in [6.45, 7) is 4.05. The topological polar surface area (TPSA) is 29.5 Å². The minimum atomic E-state index is -0.344. The van der Waals surface area contributed by atoms with Gasteiger partial charge in [-0.2, -0.15) is 0 Å². The number of benzene rings is 2. The number of aliphatic hydroxyl groups is 1. The van der Waals surface area contributed by atoms with Crippen LogP contribution in [0.1, 0.15) is 23.6 Å². The number of hydrogen-bond acceptors (Lipinski definition) is 2. The SMILES string of the molecule is Cc1cc(F)ccc1COc1ccc(CC(C)O)cc1. The van der Waals surface area contributed by atoms with Crippen molar-refractivity contribution in [3.63, 3.8) is 0 Å². The second kappa shape index (κ2) is 6.53. The Morgan fingerprint density at radius 2 is 1.85 bits per heavy atom. The Hall–Kier alpha value is -1.87. The van der Waals surface area contributed by atoms with E-state index >= 15 is 0 Å². The van der Waals surface area contributed by atoms with E-state index in [1.54, 1.807) is 13.0 Å². The molecule has 0 heterocycles. The summed E-state index contributed by atoms with van der Waals surface area (Å²) in [4.78, 5) is 0. The Balaban J connectivity index is 1.96. The van der Waals surface area contributed by atoms with Crippen molar-refractivity contribution in [3.05, 3.63) is 65.0 Å². The first kappa shape index (κ1) is 14.5. The van der Waals surface area contributed by atoms with Gasteiger partial charge in [0.15, 0.2) is 0 Å². The van der Waals surface area contributed by atoms with Gasteiger partial charge in [0.05, 0.1) is 6.10 Å². The van der Waals surface area contributed by atoms with Crippen LogP contribution in [0, 0.1) is 12.7 Å². The van der Waals surface area contributed by atoms with Gasteiger partial charge in [0, 0.05) is 0 Å². The Kier molecular flexibility index (Phi) is 4.74. The van der Waals surface area contributed by atoms with Gasteiger partial charge in [-0.05, 0) is 61.2 Å². The lowest BCUT2D eigenvalue weighted by molar-refractivity contribution is 0.195. The van der Waals surface area contributed by atoms with Gasteiger partial charge in [0.25, 0.3) is 0 Å². The normalized spacial score (nSPS) is 12.2. The van der Waals surface area contributed by atoms with E-state index in [0.29, 0.717) is 13.0 Å². The molecule has 0 fully saturated rings. The van der Waals surface area contributed by atoms with Crippen molar-refractivity contribution in [2.24, 2.45) is 0 Å². The van der Waals surface area contributed by atoms with Gasteiger partial charge in [-0.1, -0.05) is 18.2 Å². The van der Waals surface area contributed by atoms with Gasteiger partial charge in [0.1, 0.15) is 18.2 Å². The minimum absolute atomic E-state index is 0.228. The van der Waals surface area contributed by atoms with E-state index in [-0.39, 0.29) is 11.9 Å². The molecule has 106 valence electrons. The van der Waals surface area contributed by atoms with E-state index in [0.717, 1.165) is 22.4 Å². The Morgan fingerprint density at radius 1 is 1.15 bits per heavy atom. The third kappa shape index (κ3) is 4.07. The molecule has 0 aliphatic carbocycles. The fourth-order valence-corrected chi connectivity index (χ4v) is 2.05. The maximum Gasteiger partial charge on any atom is 0.123 e. The fraction of sp³-hybridized carbons (Fsp3) is 0.294. The number of rotatable bonds is 5. The van der Waals surface area contributed by atoms with Gasteiger partial charge < -0.3 is 9.84 Å². The van der Waals surface area contributed by atoms with Crippen LogP contribution in [0.4, 0.5) is 4.39 Å². The molecule has 0 aromatic heterocycles. The average Bonchev–Trinajstić information content (AvgIpc) is 2.39. The second-order valence-corrected chi connectivity index (χ2v) is 5.06. The maximum absolute atomic E-state index is 13.0. The standard InChI is InChI=1S/C17H19FO2/c1-12-9-16(18)6-5-15(12)11-20-17-7-3-14(4-8-17)10-13(2)19/h3-9,13,19H,10-11H2,1-2H3. The lowest BCUT2D eigenvalue weighted by Gasteiger charge is -2.10. The molecule has 0 spiro atoms. The third-order valence-electron chi connectivity index (χ3n) is 3.15. The van der Waals surface area contributed by atoms with Crippen LogP contribution in [0.15, 0.2) is 42.5 Å². The zero-order chi connectivity index (χ0) is 14.5. The van der Waals surface area contributed by atoms with Crippen LogP contribution >= 0.6 is 0 Å². The predicted octanol–water partition coefficient (Wildman–Crippen LogP) is 3.64. The minimum Gasteiger partial charge on any atom is -0.489 e. The van der Waals surface area contributed by atoms with Gasteiger partial charge in [0.2, 0.25) is 0 Å². The number of halogens is 1. The zero-order valence-corrected chi connectivity index (χ0v) is 11.8. The highest BCUT2D eigenvalue weighted by atomic mass is 19.1. The summed E-state index contributed by atoms with van der Waals surface area (Å²) < 4.78 is 18.7. The quantitative estimate of drug-likeness (QED) is 0.902. The van der Waals surface area contributed by atoms with Crippen molar-refractivity contribution in [3.8, 4) is 5.75 Å². The summed E-state index contributed by atoms with van der Waals surface area (Å²) in [5, 5.41) is 9.32.